The first-order valence-electron chi connectivity index (χ1n) is 11.0. The van der Waals surface area contributed by atoms with Crippen LogP contribution in [0, 0.1) is 5.92 Å². The molecule has 4 N–H and O–H groups in total. The second-order valence-electron chi connectivity index (χ2n) is 9.58. The van der Waals surface area contributed by atoms with E-state index in [1.165, 1.54) is 36.0 Å². The van der Waals surface area contributed by atoms with Gasteiger partial charge in [0.05, 0.1) is 19.5 Å². The third-order valence-electron chi connectivity index (χ3n) is 7.26. The molecule has 1 aromatic carbocycles. The second kappa shape index (κ2) is 8.71. The quantitative estimate of drug-likeness (QED) is 0.568. The number of nitrogens with zero attached hydrogens (tertiary/aromatic N) is 2. The first-order chi connectivity index (χ1) is 14.2. The maximum absolute atomic E-state index is 11.0. The summed E-state index contributed by atoms with van der Waals surface area (Å²) in [7, 11) is -2.36. The molecule has 4 rings (SSSR count). The number of rotatable bonds is 7. The van der Waals surface area contributed by atoms with Crippen LogP contribution in [0.25, 0.3) is 0 Å². The minimum absolute atomic E-state index is 0.0956. The number of fused-ring (bicyclic) bond motifs is 1. The van der Waals surface area contributed by atoms with Gasteiger partial charge in [-0.1, -0.05) is 18.2 Å². The van der Waals surface area contributed by atoms with E-state index in [-0.39, 0.29) is 6.61 Å². The van der Waals surface area contributed by atoms with Crippen LogP contribution in [0.15, 0.2) is 23.2 Å². The molecule has 1 saturated carbocycles. The summed E-state index contributed by atoms with van der Waals surface area (Å²) >= 11 is 0. The fourth-order valence-corrected chi connectivity index (χ4v) is 5.80. The van der Waals surface area contributed by atoms with E-state index in [0.717, 1.165) is 38.1 Å². The van der Waals surface area contributed by atoms with E-state index in [0.29, 0.717) is 18.4 Å². The first-order valence-corrected chi connectivity index (χ1v) is 12.6. The van der Waals surface area contributed by atoms with Gasteiger partial charge in [0.1, 0.15) is 0 Å². The van der Waals surface area contributed by atoms with Gasteiger partial charge in [0, 0.05) is 18.6 Å². The molecular weight excluding hydrogens is 401 g/mol. The van der Waals surface area contributed by atoms with Crippen LogP contribution < -0.4 is 5.73 Å². The van der Waals surface area contributed by atoms with E-state index in [1.54, 1.807) is 0 Å². The topological polar surface area (TPSA) is 108 Å². The van der Waals surface area contributed by atoms with Gasteiger partial charge in [0.2, 0.25) is 0 Å². The van der Waals surface area contributed by atoms with Crippen molar-refractivity contribution in [2.24, 2.45) is 16.6 Å². The molecular formula is C22H34N3O4P. The zero-order valence-corrected chi connectivity index (χ0v) is 18.6. The molecule has 2 aliphatic carbocycles. The molecule has 0 saturated heterocycles. The average molecular weight is 436 g/mol. The monoisotopic (exact) mass is 435 g/mol. The standard InChI is InChI=1S/C22H34N3O4P/c1-25-15-24-13-21(25)7-3-16-2-4-18-11-19(6-5-17(18)10-16)20-8-9-22(23,12-20)14-29-30(26,27)28/h5-6,11,15-16,20-21H,2-4,7-10,12-14,23H2,1H3,(H2,26,27,28)/t16-,20-,21?,22+/m0/s1. The van der Waals surface area contributed by atoms with E-state index >= 15 is 0 Å². The van der Waals surface area contributed by atoms with Crippen molar-refractivity contribution in [1.82, 2.24) is 4.90 Å². The predicted octanol–water partition coefficient (Wildman–Crippen LogP) is 2.99. The Morgan fingerprint density at radius 2 is 2.13 bits per heavy atom. The molecule has 7 nitrogen and oxygen atoms in total. The molecule has 0 radical (unpaired) electrons. The number of benzene rings is 1. The Hall–Kier alpha value is -1.24. The number of aliphatic imine (C=N–C) groups is 1. The zero-order valence-electron chi connectivity index (χ0n) is 17.7. The van der Waals surface area contributed by atoms with Crippen LogP contribution in [-0.2, 0) is 21.9 Å². The number of phosphoric ester groups is 1. The number of phosphoric acid groups is 1. The third kappa shape index (κ3) is 5.32. The van der Waals surface area contributed by atoms with E-state index in [9.17, 15) is 4.57 Å². The summed E-state index contributed by atoms with van der Waals surface area (Å²) in [5.74, 6) is 1.08. The van der Waals surface area contributed by atoms with Crippen molar-refractivity contribution >= 4 is 14.2 Å². The molecule has 1 unspecified atom stereocenters. The van der Waals surface area contributed by atoms with Gasteiger partial charge in [-0.15, -0.1) is 0 Å². The molecule has 1 heterocycles. The van der Waals surface area contributed by atoms with Gasteiger partial charge in [-0.25, -0.2) is 4.57 Å². The normalized spacial score (nSPS) is 31.3. The second-order valence-corrected chi connectivity index (χ2v) is 10.8. The number of aryl methyl sites for hydroxylation is 1. The van der Waals surface area contributed by atoms with Crippen LogP contribution in [0.1, 0.15) is 61.1 Å². The Morgan fingerprint density at radius 3 is 2.87 bits per heavy atom. The molecule has 3 aliphatic rings. The fourth-order valence-electron chi connectivity index (χ4n) is 5.38. The lowest BCUT2D eigenvalue weighted by Crippen LogP contribution is -2.41. The van der Waals surface area contributed by atoms with Crippen molar-refractivity contribution in [2.45, 2.75) is 68.9 Å². The fraction of sp³-hybridized carbons (Fsp3) is 0.682. The highest BCUT2D eigenvalue weighted by molar-refractivity contribution is 7.46. The molecule has 1 aliphatic heterocycles. The average Bonchev–Trinajstić information content (AvgIpc) is 3.30. The zero-order chi connectivity index (χ0) is 21.4. The van der Waals surface area contributed by atoms with Crippen molar-refractivity contribution < 1.29 is 18.9 Å². The van der Waals surface area contributed by atoms with E-state index in [1.807, 2.05) is 6.34 Å². The predicted molar refractivity (Wildman–Crippen MR) is 118 cm³/mol. The van der Waals surface area contributed by atoms with Crippen LogP contribution in [0.5, 0.6) is 0 Å². The Morgan fingerprint density at radius 1 is 1.30 bits per heavy atom. The molecule has 4 atom stereocenters. The van der Waals surface area contributed by atoms with Crippen molar-refractivity contribution in [3.63, 3.8) is 0 Å². The summed E-state index contributed by atoms with van der Waals surface area (Å²) in [6.45, 7) is 0.841. The van der Waals surface area contributed by atoms with Crippen LogP contribution in [0.3, 0.4) is 0 Å². The van der Waals surface area contributed by atoms with E-state index in [4.69, 9.17) is 20.0 Å². The van der Waals surface area contributed by atoms with E-state index in [2.05, 4.69) is 35.1 Å². The van der Waals surface area contributed by atoms with Crippen LogP contribution >= 0.6 is 7.82 Å². The summed E-state index contributed by atoms with van der Waals surface area (Å²) in [5.41, 5.74) is 9.95. The lowest BCUT2D eigenvalue weighted by Gasteiger charge is -2.28. The van der Waals surface area contributed by atoms with Crippen LogP contribution in [-0.4, -0.2) is 52.8 Å². The highest BCUT2D eigenvalue weighted by Crippen LogP contribution is 2.44. The van der Waals surface area contributed by atoms with Gasteiger partial charge < -0.3 is 20.4 Å². The number of hydrogen-bond acceptors (Lipinski definition) is 5. The Bertz CT molecular complexity index is 842. The van der Waals surface area contributed by atoms with Gasteiger partial charge in [-0.05, 0) is 79.9 Å². The minimum atomic E-state index is -4.48. The van der Waals surface area contributed by atoms with Gasteiger partial charge in [0.25, 0.3) is 0 Å². The SMILES string of the molecule is CN1C=NCC1CC[C@@H]1CCc2cc([C@H]3CC[C@](N)(COP(=O)(O)O)C3)ccc2C1. The van der Waals surface area contributed by atoms with Gasteiger partial charge in [-0.2, -0.15) is 0 Å². The molecule has 1 fully saturated rings. The van der Waals surface area contributed by atoms with Crippen LogP contribution in [0.4, 0.5) is 0 Å². The summed E-state index contributed by atoms with van der Waals surface area (Å²) in [4.78, 5) is 24.5. The molecule has 1 aromatic rings. The molecule has 8 heteroatoms. The van der Waals surface area contributed by atoms with Crippen molar-refractivity contribution in [2.75, 3.05) is 20.2 Å². The van der Waals surface area contributed by atoms with Gasteiger partial charge >= 0.3 is 7.82 Å². The van der Waals surface area contributed by atoms with Crippen LogP contribution in [0.2, 0.25) is 0 Å². The lowest BCUT2D eigenvalue weighted by molar-refractivity contribution is 0.153. The van der Waals surface area contributed by atoms with E-state index < -0.39 is 13.4 Å². The Labute approximate surface area is 178 Å². The summed E-state index contributed by atoms with van der Waals surface area (Å²) in [6.07, 6.45) is 10.3. The van der Waals surface area contributed by atoms with Crippen molar-refractivity contribution in [3.05, 3.63) is 34.9 Å². The Balaban J connectivity index is 1.32. The summed E-state index contributed by atoms with van der Waals surface area (Å²) in [6, 6.07) is 7.46. The van der Waals surface area contributed by atoms with Gasteiger partial charge in [-0.3, -0.25) is 9.52 Å². The third-order valence-corrected chi connectivity index (χ3v) is 7.73. The largest absolute Gasteiger partial charge is 0.469 e. The minimum Gasteiger partial charge on any atom is -0.361 e. The maximum Gasteiger partial charge on any atom is 0.469 e. The smallest absolute Gasteiger partial charge is 0.361 e. The van der Waals surface area contributed by atoms with Gasteiger partial charge in [0.15, 0.2) is 0 Å². The maximum atomic E-state index is 11.0. The lowest BCUT2D eigenvalue weighted by atomic mass is 9.79. The Kier molecular flexibility index (Phi) is 6.38. The first kappa shape index (κ1) is 22.0. The highest BCUT2D eigenvalue weighted by atomic mass is 31.2. The highest BCUT2D eigenvalue weighted by Gasteiger charge is 2.38. The molecule has 0 aromatic heterocycles. The molecule has 166 valence electrons. The molecule has 0 spiro atoms. The summed E-state index contributed by atoms with van der Waals surface area (Å²) < 4.78 is 15.7. The summed E-state index contributed by atoms with van der Waals surface area (Å²) in [5, 5.41) is 0. The molecule has 0 amide bonds. The van der Waals surface area contributed by atoms with Crippen molar-refractivity contribution in [1.29, 1.82) is 0 Å². The number of hydrogen-bond donors (Lipinski definition) is 3. The molecule has 30 heavy (non-hydrogen) atoms. The van der Waals surface area contributed by atoms with Crippen molar-refractivity contribution in [3.8, 4) is 0 Å². The number of likely N-dealkylation sites (N-methyl/N-ethyl adjacent to an activating group) is 1. The number of nitrogens with two attached hydrogens (primary N) is 1. The molecule has 0 bridgehead atoms.